The lowest BCUT2D eigenvalue weighted by Gasteiger charge is -2.37. The molecular weight excluding hydrogens is 598 g/mol. The maximum Gasteiger partial charge on any atom is 0.407 e. The lowest BCUT2D eigenvalue weighted by Crippen LogP contribution is -2.53. The molecule has 2 N–H and O–H groups in total. The summed E-state index contributed by atoms with van der Waals surface area (Å²) in [6.07, 6.45) is 0.753. The molecule has 12 heteroatoms. The number of nitrogens with one attached hydrogen (secondary N) is 1. The normalized spacial score (nSPS) is 25.4. The first-order chi connectivity index (χ1) is 21.6. The van der Waals surface area contributed by atoms with Crippen molar-refractivity contribution in [3.8, 4) is 11.3 Å². The number of carbonyl (C=O) groups excluding carboxylic acids is 1. The molecule has 3 heterocycles. The van der Waals surface area contributed by atoms with Crippen molar-refractivity contribution in [2.24, 2.45) is 17.8 Å². The van der Waals surface area contributed by atoms with Crippen LogP contribution in [-0.4, -0.2) is 79.2 Å². The van der Waals surface area contributed by atoms with E-state index in [0.717, 1.165) is 18.4 Å². The van der Waals surface area contributed by atoms with E-state index in [0.29, 0.717) is 29.7 Å². The molecule has 3 bridgehead atoms. The number of nitrogens with zero attached hydrogens (tertiary/aromatic N) is 2. The quantitative estimate of drug-likeness (QED) is 0.299. The van der Waals surface area contributed by atoms with E-state index in [4.69, 9.17) is 18.6 Å². The highest BCUT2D eigenvalue weighted by atomic mass is 32.2. The van der Waals surface area contributed by atoms with Gasteiger partial charge in [-0.1, -0.05) is 44.2 Å². The fraction of sp³-hybridized carbons (Fsp3) is 0.515. The molecule has 6 rings (SSSR count). The van der Waals surface area contributed by atoms with Crippen LogP contribution < -0.4 is 5.32 Å². The first kappa shape index (κ1) is 31.7. The molecule has 7 atom stereocenters. The van der Waals surface area contributed by atoms with Crippen molar-refractivity contribution in [1.82, 2.24) is 14.6 Å². The second kappa shape index (κ2) is 13.2. The zero-order valence-electron chi connectivity index (χ0n) is 25.7. The topological polar surface area (TPSA) is 140 Å². The van der Waals surface area contributed by atoms with Gasteiger partial charge in [0, 0.05) is 37.4 Å². The number of amides is 1. The van der Waals surface area contributed by atoms with E-state index in [1.165, 1.54) is 16.4 Å². The number of oxazole rings is 1. The van der Waals surface area contributed by atoms with Gasteiger partial charge in [-0.25, -0.2) is 18.2 Å². The van der Waals surface area contributed by atoms with Crippen molar-refractivity contribution in [3.63, 3.8) is 0 Å². The Labute approximate surface area is 263 Å². The van der Waals surface area contributed by atoms with Crippen LogP contribution in [0.2, 0.25) is 0 Å². The van der Waals surface area contributed by atoms with E-state index in [1.807, 2.05) is 44.2 Å². The SMILES string of the molecule is Cc1ncc(-c2ccc(S(=O)(=O)N(CC(C)C)C[C@@H](O)[C@H](Cc3ccccc3)NC(=O)OC3C4COC5OC3CC5C4)cc2)o1. The monoisotopic (exact) mass is 639 g/mol. The Bertz CT molecular complexity index is 1550. The Morgan fingerprint density at radius 2 is 1.84 bits per heavy atom. The average molecular weight is 640 g/mol. The van der Waals surface area contributed by atoms with Gasteiger partial charge in [0.1, 0.15) is 6.10 Å². The highest BCUT2D eigenvalue weighted by molar-refractivity contribution is 7.89. The van der Waals surface area contributed by atoms with E-state index >= 15 is 0 Å². The predicted molar refractivity (Wildman–Crippen MR) is 164 cm³/mol. The number of fused-ring (bicyclic) bond motifs is 2. The van der Waals surface area contributed by atoms with Gasteiger partial charge in [0.25, 0.3) is 0 Å². The summed E-state index contributed by atoms with van der Waals surface area (Å²) in [5.74, 6) is 1.43. The maximum atomic E-state index is 13.9. The number of aromatic nitrogens is 1. The number of aliphatic hydroxyl groups is 1. The molecule has 2 aromatic carbocycles. The van der Waals surface area contributed by atoms with Gasteiger partial charge in [-0.15, -0.1) is 0 Å². The third kappa shape index (κ3) is 7.10. The fourth-order valence-electron chi connectivity index (χ4n) is 6.63. The number of aryl methyl sites for hydroxylation is 1. The summed E-state index contributed by atoms with van der Waals surface area (Å²) < 4.78 is 52.4. The third-order valence-electron chi connectivity index (χ3n) is 8.81. The van der Waals surface area contributed by atoms with Crippen LogP contribution in [0.3, 0.4) is 0 Å². The van der Waals surface area contributed by atoms with Gasteiger partial charge >= 0.3 is 6.09 Å². The molecular formula is C33H41N3O8S. The van der Waals surface area contributed by atoms with E-state index in [9.17, 15) is 18.3 Å². The van der Waals surface area contributed by atoms with Crippen LogP contribution >= 0.6 is 0 Å². The van der Waals surface area contributed by atoms with Crippen LogP contribution in [0.15, 0.2) is 70.1 Å². The van der Waals surface area contributed by atoms with Crippen molar-refractivity contribution in [2.75, 3.05) is 19.7 Å². The third-order valence-corrected chi connectivity index (χ3v) is 10.7. The van der Waals surface area contributed by atoms with E-state index < -0.39 is 34.4 Å². The van der Waals surface area contributed by atoms with E-state index in [-0.39, 0.29) is 48.6 Å². The molecule has 0 radical (unpaired) electrons. The Morgan fingerprint density at radius 3 is 2.53 bits per heavy atom. The van der Waals surface area contributed by atoms with Crippen molar-refractivity contribution >= 4 is 16.1 Å². The molecule has 3 aliphatic rings. The molecule has 2 saturated heterocycles. The van der Waals surface area contributed by atoms with Crippen LogP contribution in [0.5, 0.6) is 0 Å². The molecule has 5 unspecified atom stereocenters. The molecule has 0 spiro atoms. The van der Waals surface area contributed by atoms with E-state index in [2.05, 4.69) is 10.3 Å². The molecule has 45 heavy (non-hydrogen) atoms. The predicted octanol–water partition coefficient (Wildman–Crippen LogP) is 4.15. The first-order valence-electron chi connectivity index (χ1n) is 15.6. The number of ether oxygens (including phenoxy) is 3. The minimum atomic E-state index is -4.00. The Kier molecular flexibility index (Phi) is 9.30. The average Bonchev–Trinajstić information content (AvgIpc) is 3.58. The molecule has 3 fully saturated rings. The smallest absolute Gasteiger partial charge is 0.407 e. The van der Waals surface area contributed by atoms with Gasteiger partial charge in [0.15, 0.2) is 17.9 Å². The molecule has 1 aromatic heterocycles. The van der Waals surface area contributed by atoms with Crippen LogP contribution in [0.4, 0.5) is 4.79 Å². The minimum Gasteiger partial charge on any atom is -0.443 e. The number of benzene rings is 2. The van der Waals surface area contributed by atoms with Gasteiger partial charge in [0.2, 0.25) is 10.0 Å². The molecule has 1 amide bonds. The van der Waals surface area contributed by atoms with Gasteiger partial charge in [-0.3, -0.25) is 0 Å². The number of aliphatic hydroxyl groups excluding tert-OH is 1. The van der Waals surface area contributed by atoms with Crippen LogP contribution in [0.1, 0.15) is 38.1 Å². The van der Waals surface area contributed by atoms with Crippen LogP contribution in [0, 0.1) is 24.7 Å². The summed E-state index contributed by atoms with van der Waals surface area (Å²) in [6, 6.07) is 15.0. The van der Waals surface area contributed by atoms with Crippen LogP contribution in [-0.2, 0) is 30.7 Å². The number of sulfonamides is 1. The Balaban J connectivity index is 1.19. The maximum absolute atomic E-state index is 13.9. The number of rotatable bonds is 12. The van der Waals surface area contributed by atoms with Crippen molar-refractivity contribution < 1.29 is 36.9 Å². The second-order valence-corrected chi connectivity index (χ2v) is 14.7. The highest BCUT2D eigenvalue weighted by Crippen LogP contribution is 2.46. The zero-order chi connectivity index (χ0) is 31.7. The Morgan fingerprint density at radius 1 is 1.09 bits per heavy atom. The number of alkyl carbamates (subject to hydrolysis) is 1. The summed E-state index contributed by atoms with van der Waals surface area (Å²) in [5, 5.41) is 14.4. The molecule has 3 aromatic rings. The van der Waals surface area contributed by atoms with Gasteiger partial charge in [-0.05, 0) is 55.0 Å². The minimum absolute atomic E-state index is 0.0205. The standard InChI is InChI=1S/C33H41N3O8S/c1-20(2)17-36(45(39,40)26-11-9-23(10-12-26)30-16-34-21(3)42-30)18-28(37)27(13-22-7-5-4-6-8-22)35-33(38)44-31-25-14-24-15-29(31)43-32(24)41-19-25/h4-12,16,20,24-25,27-29,31-32,37H,13-15,17-19H2,1-3H3,(H,35,38)/t24?,25?,27-,28+,29?,31?,32?/m0/s1. The second-order valence-electron chi connectivity index (χ2n) is 12.7. The lowest BCUT2D eigenvalue weighted by atomic mass is 9.78. The molecule has 11 nitrogen and oxygen atoms in total. The number of hydrogen-bond acceptors (Lipinski definition) is 9. The lowest BCUT2D eigenvalue weighted by molar-refractivity contribution is -0.153. The van der Waals surface area contributed by atoms with Gasteiger partial charge in [0.05, 0.1) is 35.9 Å². The van der Waals surface area contributed by atoms with Crippen LogP contribution in [0.25, 0.3) is 11.3 Å². The summed E-state index contributed by atoms with van der Waals surface area (Å²) in [4.78, 5) is 17.5. The van der Waals surface area contributed by atoms with Crippen molar-refractivity contribution in [3.05, 3.63) is 72.2 Å². The fourth-order valence-corrected chi connectivity index (χ4v) is 8.25. The van der Waals surface area contributed by atoms with Crippen molar-refractivity contribution in [2.45, 2.75) is 75.6 Å². The number of hydrogen-bond donors (Lipinski definition) is 2. The molecule has 242 valence electrons. The zero-order valence-corrected chi connectivity index (χ0v) is 26.6. The van der Waals surface area contributed by atoms with Gasteiger partial charge < -0.3 is 29.1 Å². The summed E-state index contributed by atoms with van der Waals surface area (Å²) in [7, 11) is -4.00. The Hall–Kier alpha value is -3.29. The molecule has 2 aliphatic heterocycles. The first-order valence-corrected chi connectivity index (χ1v) is 17.0. The van der Waals surface area contributed by atoms with E-state index in [1.54, 1.807) is 25.3 Å². The largest absolute Gasteiger partial charge is 0.443 e. The highest BCUT2D eigenvalue weighted by Gasteiger charge is 2.53. The summed E-state index contributed by atoms with van der Waals surface area (Å²) >= 11 is 0. The summed E-state index contributed by atoms with van der Waals surface area (Å²) in [5.41, 5.74) is 1.58. The molecule has 1 saturated carbocycles. The number of carbonyl (C=O) groups is 1. The van der Waals surface area contributed by atoms with Crippen molar-refractivity contribution in [1.29, 1.82) is 0 Å². The summed E-state index contributed by atoms with van der Waals surface area (Å²) in [6.45, 7) is 6.00. The molecule has 1 aliphatic carbocycles. The van der Waals surface area contributed by atoms with Gasteiger partial charge in [-0.2, -0.15) is 4.31 Å².